The fraction of sp³-hybridized carbons (Fsp3) is 0.304. The van der Waals surface area contributed by atoms with E-state index < -0.39 is 36.8 Å². The lowest BCUT2D eigenvalue weighted by Gasteiger charge is -2.25. The standard InChI is InChI=1S/C23H28IN5O8S/c24-17-3-5-18(6-4-17)27-21(31)13-29(15-23(34)35)10-9-28(14-22(32)33)12-20(30)26-11-16-1-7-19(8-2-16)38-37-36-25/h1-8H,9-15,25H2,(H,26,30)(H,27,31)(H,32,33)(H,34,35). The van der Waals surface area contributed by atoms with Crippen LogP contribution in [0.4, 0.5) is 5.69 Å². The van der Waals surface area contributed by atoms with Gasteiger partial charge in [-0.05, 0) is 64.6 Å². The average molecular weight is 661 g/mol. The maximum absolute atomic E-state index is 12.5. The third-order valence-corrected chi connectivity index (χ3v) is 6.23. The van der Waals surface area contributed by atoms with E-state index in [0.29, 0.717) is 5.69 Å². The van der Waals surface area contributed by atoms with Crippen LogP contribution in [0.15, 0.2) is 53.4 Å². The smallest absolute Gasteiger partial charge is 0.317 e. The number of carboxylic acid groups (broad SMARTS) is 2. The highest BCUT2D eigenvalue weighted by atomic mass is 127. The van der Waals surface area contributed by atoms with Crippen LogP contribution in [0, 0.1) is 3.57 Å². The van der Waals surface area contributed by atoms with Gasteiger partial charge in [0.2, 0.25) is 11.8 Å². The lowest BCUT2D eigenvalue weighted by molar-refractivity contribution is -0.195. The number of rotatable bonds is 17. The lowest BCUT2D eigenvalue weighted by atomic mass is 10.2. The van der Waals surface area contributed by atoms with Crippen molar-refractivity contribution < 1.29 is 38.7 Å². The van der Waals surface area contributed by atoms with Gasteiger partial charge in [-0.1, -0.05) is 12.1 Å². The minimum absolute atomic E-state index is 0.0545. The van der Waals surface area contributed by atoms with Gasteiger partial charge in [-0.25, -0.2) is 0 Å². The van der Waals surface area contributed by atoms with Crippen LogP contribution in [0.5, 0.6) is 0 Å². The molecule has 0 fully saturated rings. The van der Waals surface area contributed by atoms with Crippen molar-refractivity contribution in [2.24, 2.45) is 5.90 Å². The normalized spacial score (nSPS) is 10.9. The van der Waals surface area contributed by atoms with Crippen LogP contribution in [-0.4, -0.2) is 83.0 Å². The SMILES string of the molecule is NOOSc1ccc(CNC(=O)CN(CCN(CC(=O)O)CC(=O)Nc2ccc(I)cc2)CC(=O)O)cc1. The molecule has 0 aliphatic carbocycles. The molecule has 0 saturated heterocycles. The number of anilines is 1. The van der Waals surface area contributed by atoms with Gasteiger partial charge in [0, 0.05) is 33.8 Å². The quantitative estimate of drug-likeness (QED) is 0.0707. The van der Waals surface area contributed by atoms with Crippen molar-refractivity contribution in [1.29, 1.82) is 0 Å². The molecule has 0 heterocycles. The van der Waals surface area contributed by atoms with Crippen molar-refractivity contribution in [2.45, 2.75) is 11.4 Å². The summed E-state index contributed by atoms with van der Waals surface area (Å²) in [6.07, 6.45) is 0. The molecule has 2 rings (SSSR count). The van der Waals surface area contributed by atoms with Crippen LogP contribution in [0.2, 0.25) is 0 Å². The molecule has 2 amide bonds. The van der Waals surface area contributed by atoms with Crippen LogP contribution < -0.4 is 16.5 Å². The summed E-state index contributed by atoms with van der Waals surface area (Å²) in [7, 11) is 0. The minimum atomic E-state index is -1.14. The van der Waals surface area contributed by atoms with E-state index in [0.717, 1.165) is 26.1 Å². The Balaban J connectivity index is 1.89. The first-order valence-electron chi connectivity index (χ1n) is 11.1. The Morgan fingerprint density at radius 1 is 0.842 bits per heavy atom. The Kier molecular flexibility index (Phi) is 14.0. The van der Waals surface area contributed by atoms with Crippen molar-refractivity contribution in [3.05, 3.63) is 57.7 Å². The van der Waals surface area contributed by atoms with Gasteiger partial charge in [0.1, 0.15) is 0 Å². The van der Waals surface area contributed by atoms with E-state index in [4.69, 9.17) is 5.90 Å². The first kappa shape index (κ1) is 31.4. The molecule has 206 valence electrons. The van der Waals surface area contributed by atoms with Crippen molar-refractivity contribution in [3.8, 4) is 0 Å². The second kappa shape index (κ2) is 16.9. The van der Waals surface area contributed by atoms with E-state index in [1.54, 1.807) is 36.4 Å². The number of carbonyl (C=O) groups excluding carboxylic acids is 2. The first-order valence-corrected chi connectivity index (χ1v) is 13.0. The van der Waals surface area contributed by atoms with E-state index in [1.165, 1.54) is 9.80 Å². The third kappa shape index (κ3) is 13.1. The molecule has 0 radical (unpaired) electrons. The van der Waals surface area contributed by atoms with Gasteiger partial charge in [-0.3, -0.25) is 29.0 Å². The van der Waals surface area contributed by atoms with Gasteiger partial charge in [0.25, 0.3) is 0 Å². The molecular weight excluding hydrogens is 633 g/mol. The predicted octanol–water partition coefficient (Wildman–Crippen LogP) is 1.15. The number of amides is 2. The molecule has 2 aromatic rings. The van der Waals surface area contributed by atoms with Crippen molar-refractivity contribution in [2.75, 3.05) is 44.6 Å². The molecule has 13 nitrogen and oxygen atoms in total. The number of nitrogens with one attached hydrogen (secondary N) is 2. The Hall–Kier alpha value is -2.80. The summed E-state index contributed by atoms with van der Waals surface area (Å²) >= 11 is 3.06. The highest BCUT2D eigenvalue weighted by Crippen LogP contribution is 2.19. The summed E-state index contributed by atoms with van der Waals surface area (Å²) in [5.41, 5.74) is 1.37. The number of carbonyl (C=O) groups is 4. The Labute approximate surface area is 236 Å². The largest absolute Gasteiger partial charge is 0.480 e. The van der Waals surface area contributed by atoms with Gasteiger partial charge in [-0.2, -0.15) is 5.90 Å². The molecule has 0 aliphatic rings. The van der Waals surface area contributed by atoms with Crippen LogP contribution in [0.3, 0.4) is 0 Å². The number of nitrogens with zero attached hydrogens (tertiary/aromatic N) is 2. The number of nitrogens with two attached hydrogens (primary N) is 1. The van der Waals surface area contributed by atoms with E-state index in [-0.39, 0.29) is 32.7 Å². The minimum Gasteiger partial charge on any atom is -0.480 e. The molecule has 0 spiro atoms. The summed E-state index contributed by atoms with van der Waals surface area (Å²) in [5, 5.41) is 23.9. The monoisotopic (exact) mass is 661 g/mol. The summed E-state index contributed by atoms with van der Waals surface area (Å²) in [6, 6.07) is 14.1. The maximum Gasteiger partial charge on any atom is 0.317 e. The van der Waals surface area contributed by atoms with Crippen molar-refractivity contribution in [1.82, 2.24) is 15.1 Å². The van der Waals surface area contributed by atoms with E-state index in [9.17, 15) is 29.4 Å². The molecular formula is C23H28IN5O8S. The zero-order chi connectivity index (χ0) is 27.9. The number of hydrogen-bond donors (Lipinski definition) is 5. The maximum atomic E-state index is 12.5. The van der Waals surface area contributed by atoms with Crippen molar-refractivity contribution in [3.63, 3.8) is 0 Å². The van der Waals surface area contributed by atoms with Crippen LogP contribution >= 0.6 is 34.6 Å². The Bertz CT molecular complexity index is 1070. The molecule has 6 N–H and O–H groups in total. The Morgan fingerprint density at radius 3 is 1.92 bits per heavy atom. The molecule has 0 unspecified atom stereocenters. The van der Waals surface area contributed by atoms with Crippen LogP contribution in [0.1, 0.15) is 5.56 Å². The molecule has 38 heavy (non-hydrogen) atoms. The van der Waals surface area contributed by atoms with Gasteiger partial charge in [0.05, 0.1) is 38.2 Å². The van der Waals surface area contributed by atoms with E-state index >= 15 is 0 Å². The summed E-state index contributed by atoms with van der Waals surface area (Å²) in [4.78, 5) is 55.1. The molecule has 0 aromatic heterocycles. The molecule has 0 atom stereocenters. The van der Waals surface area contributed by atoms with Crippen LogP contribution in [0.25, 0.3) is 0 Å². The third-order valence-electron chi connectivity index (χ3n) is 4.90. The van der Waals surface area contributed by atoms with Gasteiger partial charge < -0.3 is 20.8 Å². The predicted molar refractivity (Wildman–Crippen MR) is 146 cm³/mol. The summed E-state index contributed by atoms with van der Waals surface area (Å²) < 4.78 is 5.56. The number of carboxylic acids is 2. The first-order chi connectivity index (χ1) is 18.1. The molecule has 0 saturated carbocycles. The van der Waals surface area contributed by atoms with Gasteiger partial charge >= 0.3 is 11.9 Å². The molecule has 2 aromatic carbocycles. The topological polar surface area (TPSA) is 184 Å². The van der Waals surface area contributed by atoms with E-state index in [2.05, 4.69) is 42.5 Å². The average Bonchev–Trinajstić information content (AvgIpc) is 2.86. The zero-order valence-electron chi connectivity index (χ0n) is 20.2. The number of halogens is 1. The molecule has 0 aliphatic heterocycles. The second-order valence-corrected chi connectivity index (χ2v) is 9.95. The summed E-state index contributed by atoms with van der Waals surface area (Å²) in [5.74, 6) is 1.68. The second-order valence-electron chi connectivity index (χ2n) is 7.93. The Morgan fingerprint density at radius 2 is 1.39 bits per heavy atom. The van der Waals surface area contributed by atoms with Crippen molar-refractivity contribution >= 4 is 64.1 Å². The fourth-order valence-electron chi connectivity index (χ4n) is 3.21. The summed E-state index contributed by atoms with van der Waals surface area (Å²) in [6.45, 7) is -0.982. The van der Waals surface area contributed by atoms with Crippen LogP contribution in [-0.2, 0) is 35.0 Å². The fourth-order valence-corrected chi connectivity index (χ4v) is 3.94. The highest BCUT2D eigenvalue weighted by Gasteiger charge is 2.19. The molecule has 0 bridgehead atoms. The van der Waals surface area contributed by atoms with E-state index in [1.807, 2.05) is 12.1 Å². The lowest BCUT2D eigenvalue weighted by Crippen LogP contribution is -2.45. The van der Waals surface area contributed by atoms with Gasteiger partial charge in [0.15, 0.2) is 0 Å². The zero-order valence-corrected chi connectivity index (χ0v) is 23.1. The number of benzene rings is 2. The highest BCUT2D eigenvalue weighted by molar-refractivity contribution is 14.1. The number of hydrogen-bond acceptors (Lipinski definition) is 10. The van der Waals surface area contributed by atoms with Gasteiger partial charge in [-0.15, -0.1) is 9.32 Å². The number of aliphatic carboxylic acids is 2. The molecule has 15 heteroatoms.